The zero-order valence-electron chi connectivity index (χ0n) is 19.3. The van der Waals surface area contributed by atoms with Gasteiger partial charge in [0.15, 0.2) is 0 Å². The van der Waals surface area contributed by atoms with Crippen LogP contribution in [0.1, 0.15) is 22.3 Å². The number of hydrogen-bond acceptors (Lipinski definition) is 4. The second-order valence-electron chi connectivity index (χ2n) is 8.36. The summed E-state index contributed by atoms with van der Waals surface area (Å²) in [6, 6.07) is 20.9. The van der Waals surface area contributed by atoms with Crippen molar-refractivity contribution >= 4 is 28.5 Å². The van der Waals surface area contributed by atoms with Crippen LogP contribution in [0.25, 0.3) is 10.8 Å². The molecular weight excluding hydrogens is 430 g/mol. The quantitative estimate of drug-likeness (QED) is 0.589. The summed E-state index contributed by atoms with van der Waals surface area (Å²) < 4.78 is 5.22. The summed E-state index contributed by atoms with van der Waals surface area (Å²) >= 11 is 0. The maximum atomic E-state index is 12.6. The van der Waals surface area contributed by atoms with Crippen molar-refractivity contribution in [3.63, 3.8) is 0 Å². The summed E-state index contributed by atoms with van der Waals surface area (Å²) in [5.41, 5.74) is 1.49. The first-order valence-electron chi connectivity index (χ1n) is 11.5. The molecule has 1 saturated heterocycles. The Morgan fingerprint density at radius 2 is 1.53 bits per heavy atom. The van der Waals surface area contributed by atoms with Crippen molar-refractivity contribution in [2.75, 3.05) is 39.8 Å². The molecule has 0 saturated carbocycles. The van der Waals surface area contributed by atoms with E-state index in [1.807, 2.05) is 60.7 Å². The zero-order valence-corrected chi connectivity index (χ0v) is 19.3. The van der Waals surface area contributed by atoms with Gasteiger partial charge in [-0.25, -0.2) is 0 Å². The van der Waals surface area contributed by atoms with Crippen molar-refractivity contribution in [1.82, 2.24) is 15.1 Å². The molecule has 1 N–H and O–H groups in total. The SMILES string of the molecule is COc1cccc(CC(=O)N2CCN(C(=O)CCNC(=O)c3ccc4ccccc4c3)CC2)c1. The molecule has 4 rings (SSSR count). The molecule has 0 bridgehead atoms. The van der Waals surface area contributed by atoms with E-state index in [0.29, 0.717) is 38.2 Å². The molecule has 0 radical (unpaired) electrons. The molecule has 3 aromatic rings. The Kier molecular flexibility index (Phi) is 7.42. The molecule has 0 aliphatic carbocycles. The second kappa shape index (κ2) is 10.8. The minimum absolute atomic E-state index is 0.0151. The fourth-order valence-corrected chi connectivity index (χ4v) is 4.15. The number of rotatable bonds is 7. The molecule has 1 fully saturated rings. The maximum absolute atomic E-state index is 12.6. The summed E-state index contributed by atoms with van der Waals surface area (Å²) in [6.45, 7) is 2.30. The lowest BCUT2D eigenvalue weighted by molar-refractivity contribution is -0.139. The Bertz CT molecular complexity index is 1190. The van der Waals surface area contributed by atoms with Gasteiger partial charge in [0.25, 0.3) is 5.91 Å². The van der Waals surface area contributed by atoms with Gasteiger partial charge < -0.3 is 19.9 Å². The van der Waals surface area contributed by atoms with Crippen molar-refractivity contribution in [1.29, 1.82) is 0 Å². The summed E-state index contributed by atoms with van der Waals surface area (Å²) in [6.07, 6.45) is 0.545. The lowest BCUT2D eigenvalue weighted by Gasteiger charge is -2.35. The summed E-state index contributed by atoms with van der Waals surface area (Å²) in [4.78, 5) is 41.3. The zero-order chi connectivity index (χ0) is 23.9. The number of carbonyl (C=O) groups is 3. The van der Waals surface area contributed by atoms with E-state index in [1.54, 1.807) is 23.0 Å². The Morgan fingerprint density at radius 3 is 2.26 bits per heavy atom. The standard InChI is InChI=1S/C27H29N3O4/c1-34-24-8-4-5-20(17-24)18-26(32)30-15-13-29(14-16-30)25(31)11-12-28-27(33)23-10-9-21-6-2-3-7-22(21)19-23/h2-10,17,19H,11-16,18H2,1H3,(H,28,33). The van der Waals surface area contributed by atoms with Crippen molar-refractivity contribution in [3.05, 3.63) is 77.9 Å². The number of fused-ring (bicyclic) bond motifs is 1. The first kappa shape index (κ1) is 23.3. The molecule has 3 amide bonds. The van der Waals surface area contributed by atoms with Gasteiger partial charge in [0.2, 0.25) is 11.8 Å². The highest BCUT2D eigenvalue weighted by Crippen LogP contribution is 2.16. The lowest BCUT2D eigenvalue weighted by Crippen LogP contribution is -2.51. The minimum atomic E-state index is -0.188. The van der Waals surface area contributed by atoms with Crippen molar-refractivity contribution in [2.24, 2.45) is 0 Å². The number of ether oxygens (including phenoxy) is 1. The molecule has 0 unspecified atom stereocenters. The third kappa shape index (κ3) is 5.73. The van der Waals surface area contributed by atoms with Crippen LogP contribution < -0.4 is 10.1 Å². The predicted octanol–water partition coefficient (Wildman–Crippen LogP) is 2.88. The minimum Gasteiger partial charge on any atom is -0.497 e. The first-order valence-corrected chi connectivity index (χ1v) is 11.5. The van der Waals surface area contributed by atoms with Crippen LogP contribution in [0.4, 0.5) is 0 Å². The molecule has 7 nitrogen and oxygen atoms in total. The van der Waals surface area contributed by atoms with Crippen LogP contribution in [0.15, 0.2) is 66.7 Å². The Labute approximate surface area is 199 Å². The Hall–Kier alpha value is -3.87. The third-order valence-corrected chi connectivity index (χ3v) is 6.11. The smallest absolute Gasteiger partial charge is 0.251 e. The third-order valence-electron chi connectivity index (χ3n) is 6.11. The van der Waals surface area contributed by atoms with Gasteiger partial charge >= 0.3 is 0 Å². The van der Waals surface area contributed by atoms with Gasteiger partial charge in [-0.15, -0.1) is 0 Å². The van der Waals surface area contributed by atoms with Crippen LogP contribution in [0.5, 0.6) is 5.75 Å². The van der Waals surface area contributed by atoms with E-state index in [1.165, 1.54) is 0 Å². The second-order valence-corrected chi connectivity index (χ2v) is 8.36. The highest BCUT2D eigenvalue weighted by Gasteiger charge is 2.24. The molecule has 1 heterocycles. The van der Waals surface area contributed by atoms with Gasteiger partial charge in [-0.2, -0.15) is 0 Å². The first-order chi connectivity index (χ1) is 16.5. The number of nitrogens with zero attached hydrogens (tertiary/aromatic N) is 2. The van der Waals surface area contributed by atoms with E-state index in [4.69, 9.17) is 4.74 Å². The van der Waals surface area contributed by atoms with Crippen LogP contribution in [0, 0.1) is 0 Å². The number of hydrogen-bond donors (Lipinski definition) is 1. The summed E-state index contributed by atoms with van der Waals surface area (Å²) in [5.74, 6) is 0.571. The molecule has 7 heteroatoms. The van der Waals surface area contributed by atoms with Crippen molar-refractivity contribution in [3.8, 4) is 5.75 Å². The number of amides is 3. The molecule has 0 spiro atoms. The van der Waals surface area contributed by atoms with Crippen LogP contribution >= 0.6 is 0 Å². The average Bonchev–Trinajstić information content (AvgIpc) is 2.88. The van der Waals surface area contributed by atoms with Crippen LogP contribution in [-0.4, -0.2) is 67.4 Å². The monoisotopic (exact) mass is 459 g/mol. The number of carbonyl (C=O) groups excluding carboxylic acids is 3. The number of methoxy groups -OCH3 is 1. The maximum Gasteiger partial charge on any atom is 0.251 e. The molecule has 1 aliphatic rings. The van der Waals surface area contributed by atoms with Crippen LogP contribution in [0.3, 0.4) is 0 Å². The largest absolute Gasteiger partial charge is 0.497 e. The van der Waals surface area contributed by atoms with E-state index in [2.05, 4.69) is 5.32 Å². The molecule has 34 heavy (non-hydrogen) atoms. The Morgan fingerprint density at radius 1 is 0.824 bits per heavy atom. The Balaban J connectivity index is 1.20. The molecule has 1 aliphatic heterocycles. The average molecular weight is 460 g/mol. The highest BCUT2D eigenvalue weighted by molar-refractivity contribution is 5.98. The highest BCUT2D eigenvalue weighted by atomic mass is 16.5. The summed E-state index contributed by atoms with van der Waals surface area (Å²) in [7, 11) is 1.60. The van der Waals surface area contributed by atoms with E-state index in [9.17, 15) is 14.4 Å². The molecule has 0 aromatic heterocycles. The van der Waals surface area contributed by atoms with Crippen molar-refractivity contribution in [2.45, 2.75) is 12.8 Å². The van der Waals surface area contributed by atoms with Gasteiger partial charge in [0, 0.05) is 44.7 Å². The van der Waals surface area contributed by atoms with Gasteiger partial charge in [-0.3, -0.25) is 14.4 Å². The molecule has 0 atom stereocenters. The van der Waals surface area contributed by atoms with E-state index < -0.39 is 0 Å². The van der Waals surface area contributed by atoms with E-state index >= 15 is 0 Å². The van der Waals surface area contributed by atoms with Crippen LogP contribution in [0.2, 0.25) is 0 Å². The molecular formula is C27H29N3O4. The van der Waals surface area contributed by atoms with E-state index in [0.717, 1.165) is 22.1 Å². The van der Waals surface area contributed by atoms with Gasteiger partial charge in [-0.05, 0) is 40.6 Å². The van der Waals surface area contributed by atoms with Gasteiger partial charge in [0.05, 0.1) is 13.5 Å². The fourth-order valence-electron chi connectivity index (χ4n) is 4.15. The predicted molar refractivity (Wildman–Crippen MR) is 131 cm³/mol. The number of benzene rings is 3. The lowest BCUT2D eigenvalue weighted by atomic mass is 10.1. The summed E-state index contributed by atoms with van der Waals surface area (Å²) in [5, 5.41) is 4.92. The van der Waals surface area contributed by atoms with Crippen LogP contribution in [-0.2, 0) is 16.0 Å². The van der Waals surface area contributed by atoms with E-state index in [-0.39, 0.29) is 30.7 Å². The molecule has 176 valence electrons. The topological polar surface area (TPSA) is 79.0 Å². The fraction of sp³-hybridized carbons (Fsp3) is 0.296. The molecule has 3 aromatic carbocycles. The number of nitrogens with one attached hydrogen (secondary N) is 1. The van der Waals surface area contributed by atoms with Crippen molar-refractivity contribution < 1.29 is 19.1 Å². The number of piperazine rings is 1. The van der Waals surface area contributed by atoms with Gasteiger partial charge in [-0.1, -0.05) is 42.5 Å². The normalized spacial score (nSPS) is 13.6. The van der Waals surface area contributed by atoms with Gasteiger partial charge in [0.1, 0.15) is 5.75 Å².